The minimum Gasteiger partial charge on any atom is -0.488 e. The number of nitrogens with one attached hydrogen (secondary N) is 1. The molecular weight excluding hydrogens is 264 g/mol. The van der Waals surface area contributed by atoms with Crippen LogP contribution in [0.2, 0.25) is 0 Å². The Bertz CT molecular complexity index is 586. The summed E-state index contributed by atoms with van der Waals surface area (Å²) in [7, 11) is 0. The van der Waals surface area contributed by atoms with Gasteiger partial charge in [0.2, 0.25) is 0 Å². The molecule has 4 nitrogen and oxygen atoms in total. The Morgan fingerprint density at radius 1 is 1.14 bits per heavy atom. The zero-order chi connectivity index (χ0) is 15.3. The summed E-state index contributed by atoms with van der Waals surface area (Å²) in [5, 5.41) is 2.84. The summed E-state index contributed by atoms with van der Waals surface area (Å²) in [4.78, 5) is 16.2. The predicted octanol–water partition coefficient (Wildman–Crippen LogP) is 3.19. The molecule has 0 unspecified atom stereocenters. The second kappa shape index (κ2) is 6.39. The van der Waals surface area contributed by atoms with E-state index in [0.29, 0.717) is 12.1 Å². The lowest BCUT2D eigenvalue weighted by Crippen LogP contribution is -2.24. The summed E-state index contributed by atoms with van der Waals surface area (Å²) in [6.45, 7) is 6.38. The monoisotopic (exact) mass is 284 g/mol. The quantitative estimate of drug-likeness (QED) is 0.938. The van der Waals surface area contributed by atoms with E-state index in [0.717, 1.165) is 11.4 Å². The first-order valence-corrected chi connectivity index (χ1v) is 6.91. The van der Waals surface area contributed by atoms with Crippen molar-refractivity contribution in [2.45, 2.75) is 32.9 Å². The van der Waals surface area contributed by atoms with E-state index in [1.165, 1.54) is 0 Å². The van der Waals surface area contributed by atoms with E-state index in [-0.39, 0.29) is 11.5 Å². The van der Waals surface area contributed by atoms with E-state index in [9.17, 15) is 4.79 Å². The number of hydrogen-bond acceptors (Lipinski definition) is 3. The molecule has 1 heterocycles. The lowest BCUT2D eigenvalue weighted by atomic mass is 10.1. The standard InChI is InChI=1S/C17H20N2O2/c1-17(2,3)21-15-9-7-13(8-10-15)16(20)19-12-14-6-4-5-11-18-14/h4-11H,12H2,1-3H3,(H,19,20). The van der Waals surface area contributed by atoms with Crippen LogP contribution in [-0.4, -0.2) is 16.5 Å². The number of hydrogen-bond donors (Lipinski definition) is 1. The van der Waals surface area contributed by atoms with Crippen molar-refractivity contribution in [2.24, 2.45) is 0 Å². The summed E-state index contributed by atoms with van der Waals surface area (Å²) in [6.07, 6.45) is 1.71. The first-order valence-electron chi connectivity index (χ1n) is 6.91. The second-order valence-electron chi connectivity index (χ2n) is 5.74. The lowest BCUT2D eigenvalue weighted by Gasteiger charge is -2.21. The summed E-state index contributed by atoms with van der Waals surface area (Å²) in [6, 6.07) is 12.7. The number of benzene rings is 1. The molecule has 0 saturated carbocycles. The van der Waals surface area contributed by atoms with Crippen LogP contribution in [0, 0.1) is 0 Å². The van der Waals surface area contributed by atoms with Gasteiger partial charge in [-0.25, -0.2) is 0 Å². The van der Waals surface area contributed by atoms with Gasteiger partial charge in [0.05, 0.1) is 12.2 Å². The zero-order valence-corrected chi connectivity index (χ0v) is 12.6. The van der Waals surface area contributed by atoms with E-state index < -0.39 is 0 Å². The van der Waals surface area contributed by atoms with Crippen LogP contribution >= 0.6 is 0 Å². The first kappa shape index (κ1) is 15.0. The third kappa shape index (κ3) is 4.91. The van der Waals surface area contributed by atoms with Crippen molar-refractivity contribution in [1.29, 1.82) is 0 Å². The summed E-state index contributed by atoms with van der Waals surface area (Å²) >= 11 is 0. The molecule has 0 atom stereocenters. The van der Waals surface area contributed by atoms with E-state index in [2.05, 4.69) is 10.3 Å². The van der Waals surface area contributed by atoms with Gasteiger partial charge in [-0.1, -0.05) is 6.07 Å². The summed E-state index contributed by atoms with van der Waals surface area (Å²) < 4.78 is 5.72. The van der Waals surface area contributed by atoms with Gasteiger partial charge in [-0.2, -0.15) is 0 Å². The third-order valence-electron chi connectivity index (χ3n) is 2.70. The normalized spacial score (nSPS) is 11.0. The Balaban J connectivity index is 1.94. The minimum atomic E-state index is -0.247. The number of carbonyl (C=O) groups excluding carboxylic acids is 1. The number of nitrogens with zero attached hydrogens (tertiary/aromatic N) is 1. The summed E-state index contributed by atoms with van der Waals surface area (Å²) in [5.41, 5.74) is 1.19. The van der Waals surface area contributed by atoms with Gasteiger partial charge in [0.1, 0.15) is 11.4 Å². The SMILES string of the molecule is CC(C)(C)Oc1ccc(C(=O)NCc2ccccn2)cc1. The Morgan fingerprint density at radius 2 is 1.86 bits per heavy atom. The second-order valence-corrected chi connectivity index (χ2v) is 5.74. The molecule has 1 aromatic heterocycles. The Morgan fingerprint density at radius 3 is 2.43 bits per heavy atom. The average Bonchev–Trinajstić information content (AvgIpc) is 2.45. The molecule has 2 aromatic rings. The average molecular weight is 284 g/mol. The van der Waals surface area contributed by atoms with Gasteiger partial charge in [0.15, 0.2) is 0 Å². The Labute approximate surface area is 125 Å². The van der Waals surface area contributed by atoms with Crippen molar-refractivity contribution >= 4 is 5.91 Å². The van der Waals surface area contributed by atoms with Crippen LogP contribution in [0.5, 0.6) is 5.75 Å². The molecule has 0 fully saturated rings. The lowest BCUT2D eigenvalue weighted by molar-refractivity contribution is 0.0950. The fourth-order valence-corrected chi connectivity index (χ4v) is 1.80. The Hall–Kier alpha value is -2.36. The molecule has 21 heavy (non-hydrogen) atoms. The van der Waals surface area contributed by atoms with E-state index >= 15 is 0 Å². The van der Waals surface area contributed by atoms with Crippen molar-refractivity contribution in [2.75, 3.05) is 0 Å². The molecule has 0 aliphatic carbocycles. The molecule has 0 aliphatic rings. The van der Waals surface area contributed by atoms with Gasteiger partial charge >= 0.3 is 0 Å². The maximum atomic E-state index is 12.0. The van der Waals surface area contributed by atoms with Crippen LogP contribution in [0.3, 0.4) is 0 Å². The van der Waals surface area contributed by atoms with Crippen LogP contribution in [0.15, 0.2) is 48.7 Å². The number of carbonyl (C=O) groups is 1. The van der Waals surface area contributed by atoms with Gasteiger partial charge in [0.25, 0.3) is 5.91 Å². The van der Waals surface area contributed by atoms with Crippen LogP contribution in [0.1, 0.15) is 36.8 Å². The van der Waals surface area contributed by atoms with Gasteiger partial charge in [-0.15, -0.1) is 0 Å². The molecule has 1 N–H and O–H groups in total. The molecule has 0 spiro atoms. The minimum absolute atomic E-state index is 0.122. The highest BCUT2D eigenvalue weighted by Gasteiger charge is 2.12. The highest BCUT2D eigenvalue weighted by atomic mass is 16.5. The van der Waals surface area contributed by atoms with Gasteiger partial charge in [-0.05, 0) is 57.2 Å². The van der Waals surface area contributed by atoms with E-state index in [1.54, 1.807) is 30.5 Å². The maximum absolute atomic E-state index is 12.0. The molecule has 1 aromatic carbocycles. The number of rotatable bonds is 4. The first-order chi connectivity index (χ1) is 9.94. The fraction of sp³-hybridized carbons (Fsp3) is 0.294. The number of amides is 1. The van der Waals surface area contributed by atoms with E-state index in [1.807, 2.05) is 39.0 Å². The largest absolute Gasteiger partial charge is 0.488 e. The zero-order valence-electron chi connectivity index (χ0n) is 12.6. The molecule has 2 rings (SSSR count). The predicted molar refractivity (Wildman–Crippen MR) is 82.2 cm³/mol. The smallest absolute Gasteiger partial charge is 0.251 e. The number of ether oxygens (including phenoxy) is 1. The molecule has 0 radical (unpaired) electrons. The van der Waals surface area contributed by atoms with Gasteiger partial charge < -0.3 is 10.1 Å². The highest BCUT2D eigenvalue weighted by Crippen LogP contribution is 2.18. The van der Waals surface area contributed by atoms with Gasteiger partial charge in [-0.3, -0.25) is 9.78 Å². The van der Waals surface area contributed by atoms with Crippen LogP contribution in [0.4, 0.5) is 0 Å². The van der Waals surface area contributed by atoms with Crippen molar-refractivity contribution < 1.29 is 9.53 Å². The molecule has 0 saturated heterocycles. The molecule has 4 heteroatoms. The van der Waals surface area contributed by atoms with E-state index in [4.69, 9.17) is 4.74 Å². The fourth-order valence-electron chi connectivity index (χ4n) is 1.80. The number of aromatic nitrogens is 1. The molecular formula is C17H20N2O2. The van der Waals surface area contributed by atoms with Gasteiger partial charge in [0, 0.05) is 11.8 Å². The molecule has 110 valence electrons. The topological polar surface area (TPSA) is 51.2 Å². The van der Waals surface area contributed by atoms with Crippen LogP contribution in [0.25, 0.3) is 0 Å². The van der Waals surface area contributed by atoms with Crippen molar-refractivity contribution in [3.8, 4) is 5.75 Å². The maximum Gasteiger partial charge on any atom is 0.251 e. The van der Waals surface area contributed by atoms with Crippen LogP contribution < -0.4 is 10.1 Å². The van der Waals surface area contributed by atoms with Crippen molar-refractivity contribution in [3.05, 3.63) is 59.9 Å². The molecule has 1 amide bonds. The Kier molecular flexibility index (Phi) is 4.58. The van der Waals surface area contributed by atoms with Crippen molar-refractivity contribution in [1.82, 2.24) is 10.3 Å². The molecule has 0 aliphatic heterocycles. The molecule has 0 bridgehead atoms. The van der Waals surface area contributed by atoms with Crippen molar-refractivity contribution in [3.63, 3.8) is 0 Å². The highest BCUT2D eigenvalue weighted by molar-refractivity contribution is 5.94. The third-order valence-corrected chi connectivity index (χ3v) is 2.70. The van der Waals surface area contributed by atoms with Crippen LogP contribution in [-0.2, 0) is 6.54 Å². The number of pyridine rings is 1. The summed E-state index contributed by atoms with van der Waals surface area (Å²) in [5.74, 6) is 0.631.